The second kappa shape index (κ2) is 3.22. The minimum atomic E-state index is -0.430. The van der Waals surface area contributed by atoms with Crippen LogP contribution in [-0.4, -0.2) is 5.37 Å². The lowest BCUT2D eigenvalue weighted by molar-refractivity contribution is 0.627. The SMILES string of the molecule is N#Cc1cc(F)cc(C=S)c1. The van der Waals surface area contributed by atoms with Crippen LogP contribution in [0.1, 0.15) is 11.1 Å². The Bertz CT molecular complexity index is 327. The maximum Gasteiger partial charge on any atom is 0.125 e. The van der Waals surface area contributed by atoms with Crippen LogP contribution in [0.25, 0.3) is 0 Å². The molecule has 0 bridgehead atoms. The van der Waals surface area contributed by atoms with E-state index in [-0.39, 0.29) is 0 Å². The number of hydrogen-bond donors (Lipinski definition) is 0. The van der Waals surface area contributed by atoms with Gasteiger partial charge in [-0.15, -0.1) is 0 Å². The molecule has 0 aliphatic carbocycles. The quantitative estimate of drug-likeness (QED) is 0.594. The highest BCUT2D eigenvalue weighted by atomic mass is 32.1. The van der Waals surface area contributed by atoms with Gasteiger partial charge >= 0.3 is 0 Å². The number of nitrogens with zero attached hydrogens (tertiary/aromatic N) is 1. The molecule has 0 amide bonds. The number of hydrogen-bond acceptors (Lipinski definition) is 2. The third-order valence-corrected chi connectivity index (χ3v) is 1.46. The summed E-state index contributed by atoms with van der Waals surface area (Å²) in [5, 5.41) is 9.75. The minimum absolute atomic E-state index is 0.293. The lowest BCUT2D eigenvalue weighted by Gasteiger charge is -1.92. The largest absolute Gasteiger partial charge is 0.207 e. The molecule has 0 aliphatic heterocycles. The molecule has 54 valence electrons. The normalized spacial score (nSPS) is 8.73. The summed E-state index contributed by atoms with van der Waals surface area (Å²) >= 11 is 4.58. The number of benzene rings is 1. The Labute approximate surface area is 69.1 Å². The third-order valence-electron chi connectivity index (χ3n) is 1.19. The summed E-state index contributed by atoms with van der Waals surface area (Å²) in [4.78, 5) is 0. The Morgan fingerprint density at radius 2 is 2.18 bits per heavy atom. The molecule has 3 heteroatoms. The molecule has 0 fully saturated rings. The molecule has 0 aliphatic rings. The van der Waals surface area contributed by atoms with Gasteiger partial charge in [-0.05, 0) is 23.8 Å². The second-order valence-corrected chi connectivity index (χ2v) is 2.24. The van der Waals surface area contributed by atoms with E-state index in [0.29, 0.717) is 11.1 Å². The molecule has 0 heterocycles. The fraction of sp³-hybridized carbons (Fsp3) is 0. The first-order valence-corrected chi connectivity index (χ1v) is 3.39. The molecular formula is C8H4FNS. The zero-order valence-electron chi connectivity index (χ0n) is 5.54. The molecule has 0 unspecified atom stereocenters. The van der Waals surface area contributed by atoms with E-state index in [4.69, 9.17) is 5.26 Å². The zero-order valence-corrected chi connectivity index (χ0v) is 6.36. The predicted molar refractivity (Wildman–Crippen MR) is 43.9 cm³/mol. The number of nitriles is 1. The Balaban J connectivity index is 3.25. The molecule has 1 aromatic rings. The monoisotopic (exact) mass is 165 g/mol. The van der Waals surface area contributed by atoms with Crippen molar-refractivity contribution in [1.82, 2.24) is 0 Å². The second-order valence-electron chi connectivity index (χ2n) is 2.00. The fourth-order valence-electron chi connectivity index (χ4n) is 0.745. The van der Waals surface area contributed by atoms with E-state index in [0.717, 1.165) is 0 Å². The van der Waals surface area contributed by atoms with Crippen LogP contribution in [0.2, 0.25) is 0 Å². The topological polar surface area (TPSA) is 23.8 Å². The third kappa shape index (κ3) is 1.82. The van der Waals surface area contributed by atoms with Gasteiger partial charge in [0.15, 0.2) is 0 Å². The molecule has 0 N–H and O–H groups in total. The first kappa shape index (κ1) is 7.83. The van der Waals surface area contributed by atoms with Gasteiger partial charge in [-0.2, -0.15) is 5.26 Å². The maximum absolute atomic E-state index is 12.6. The molecule has 1 rings (SSSR count). The van der Waals surface area contributed by atoms with E-state index >= 15 is 0 Å². The smallest absolute Gasteiger partial charge is 0.125 e. The summed E-state index contributed by atoms with van der Waals surface area (Å²) in [6.07, 6.45) is 0. The van der Waals surface area contributed by atoms with E-state index in [1.807, 2.05) is 6.07 Å². The summed E-state index contributed by atoms with van der Waals surface area (Å²) in [6, 6.07) is 5.83. The first-order valence-electron chi connectivity index (χ1n) is 2.92. The van der Waals surface area contributed by atoms with Gasteiger partial charge in [-0.3, -0.25) is 0 Å². The van der Waals surface area contributed by atoms with Crippen molar-refractivity contribution >= 4 is 17.6 Å². The van der Waals surface area contributed by atoms with Gasteiger partial charge in [-0.25, -0.2) is 4.39 Å². The van der Waals surface area contributed by atoms with Crippen LogP contribution in [0.3, 0.4) is 0 Å². The average molecular weight is 165 g/mol. The van der Waals surface area contributed by atoms with Gasteiger partial charge in [0.05, 0.1) is 11.6 Å². The molecule has 11 heavy (non-hydrogen) atoms. The van der Waals surface area contributed by atoms with Crippen molar-refractivity contribution < 1.29 is 4.39 Å². The molecule has 0 radical (unpaired) electrons. The van der Waals surface area contributed by atoms with Gasteiger partial charge < -0.3 is 0 Å². The molecule has 0 aromatic heterocycles. The molecule has 0 saturated carbocycles. The van der Waals surface area contributed by atoms with Crippen molar-refractivity contribution in [3.63, 3.8) is 0 Å². The van der Waals surface area contributed by atoms with Crippen molar-refractivity contribution in [2.45, 2.75) is 0 Å². The summed E-state index contributed by atoms with van der Waals surface area (Å²) in [5.41, 5.74) is 0.845. The van der Waals surface area contributed by atoms with Crippen LogP contribution in [0.4, 0.5) is 4.39 Å². The van der Waals surface area contributed by atoms with Crippen molar-refractivity contribution in [2.75, 3.05) is 0 Å². The molecular weight excluding hydrogens is 161 g/mol. The van der Waals surface area contributed by atoms with Gasteiger partial charge in [0.25, 0.3) is 0 Å². The van der Waals surface area contributed by atoms with Crippen molar-refractivity contribution in [3.8, 4) is 6.07 Å². The predicted octanol–water partition coefficient (Wildman–Crippen LogP) is 2.05. The molecule has 1 aromatic carbocycles. The van der Waals surface area contributed by atoms with Crippen LogP contribution in [-0.2, 0) is 0 Å². The standard InChI is InChI=1S/C8H4FNS/c9-8-2-6(4-10)1-7(3-8)5-11/h1-3,5H. The van der Waals surface area contributed by atoms with Crippen molar-refractivity contribution in [1.29, 1.82) is 5.26 Å². The molecule has 0 atom stereocenters. The average Bonchev–Trinajstić information content (AvgIpc) is 2.03. The zero-order chi connectivity index (χ0) is 8.27. The van der Waals surface area contributed by atoms with Crippen LogP contribution in [0.5, 0.6) is 0 Å². The molecule has 0 saturated heterocycles. The highest BCUT2D eigenvalue weighted by molar-refractivity contribution is 7.79. The van der Waals surface area contributed by atoms with Crippen LogP contribution >= 0.6 is 12.2 Å². The Morgan fingerprint density at radius 3 is 2.73 bits per heavy atom. The van der Waals surface area contributed by atoms with Gasteiger partial charge in [0.2, 0.25) is 0 Å². The number of thiocarbonyl (C=S) groups is 1. The number of rotatable bonds is 1. The Morgan fingerprint density at radius 1 is 1.45 bits per heavy atom. The summed E-state index contributed by atoms with van der Waals surface area (Å²) in [7, 11) is 0. The first-order chi connectivity index (χ1) is 5.26. The fourth-order valence-corrected chi connectivity index (χ4v) is 0.881. The van der Waals surface area contributed by atoms with Crippen LogP contribution in [0.15, 0.2) is 18.2 Å². The van der Waals surface area contributed by atoms with E-state index in [1.165, 1.54) is 23.6 Å². The molecule has 1 nitrogen and oxygen atoms in total. The summed E-state index contributed by atoms with van der Waals surface area (Å²) in [6.45, 7) is 0. The van der Waals surface area contributed by atoms with E-state index in [2.05, 4.69) is 12.2 Å². The van der Waals surface area contributed by atoms with E-state index < -0.39 is 5.82 Å². The highest BCUT2D eigenvalue weighted by Crippen LogP contribution is 2.06. The summed E-state index contributed by atoms with van der Waals surface area (Å²) < 4.78 is 12.6. The van der Waals surface area contributed by atoms with Gasteiger partial charge in [0.1, 0.15) is 5.82 Å². The minimum Gasteiger partial charge on any atom is -0.207 e. The maximum atomic E-state index is 12.6. The Kier molecular flexibility index (Phi) is 2.29. The van der Waals surface area contributed by atoms with E-state index in [1.54, 1.807) is 0 Å². The van der Waals surface area contributed by atoms with Crippen LogP contribution < -0.4 is 0 Å². The summed E-state index contributed by atoms with van der Waals surface area (Å²) in [5.74, 6) is -0.430. The van der Waals surface area contributed by atoms with E-state index in [9.17, 15) is 4.39 Å². The van der Waals surface area contributed by atoms with Crippen molar-refractivity contribution in [3.05, 3.63) is 35.1 Å². The van der Waals surface area contributed by atoms with Gasteiger partial charge in [-0.1, -0.05) is 12.2 Å². The number of halogens is 1. The van der Waals surface area contributed by atoms with Crippen molar-refractivity contribution in [2.24, 2.45) is 0 Å². The lowest BCUT2D eigenvalue weighted by atomic mass is 10.1. The van der Waals surface area contributed by atoms with Gasteiger partial charge in [0, 0.05) is 5.37 Å². The van der Waals surface area contributed by atoms with Crippen LogP contribution in [0, 0.1) is 17.1 Å². The Hall–Kier alpha value is -1.27. The molecule has 0 spiro atoms. The highest BCUT2D eigenvalue weighted by Gasteiger charge is 1.96. The lowest BCUT2D eigenvalue weighted by Crippen LogP contribution is -1.84.